The standard InChI is InChI=1S/C24H25FN2O3S/c1-18(20-8-4-3-5-9-20)16-26-24(28)21-14-12-19(13-15-21)17-27(31(2,29)30)23-11-7-6-10-22(23)25/h3-15,18H,16-17H2,1-2H3,(H,26,28). The summed E-state index contributed by atoms with van der Waals surface area (Å²) in [6.45, 7) is 2.51. The van der Waals surface area contributed by atoms with Gasteiger partial charge in [0, 0.05) is 12.1 Å². The van der Waals surface area contributed by atoms with Crippen molar-refractivity contribution >= 4 is 21.6 Å². The van der Waals surface area contributed by atoms with Gasteiger partial charge in [-0.3, -0.25) is 9.10 Å². The third-order valence-electron chi connectivity index (χ3n) is 5.00. The minimum absolute atomic E-state index is 0.0123. The van der Waals surface area contributed by atoms with E-state index in [2.05, 4.69) is 5.32 Å². The largest absolute Gasteiger partial charge is 0.351 e. The molecule has 7 heteroatoms. The van der Waals surface area contributed by atoms with Gasteiger partial charge in [0.05, 0.1) is 18.5 Å². The first kappa shape index (κ1) is 22.5. The number of sulfonamides is 1. The Morgan fingerprint density at radius 1 is 0.968 bits per heavy atom. The highest BCUT2D eigenvalue weighted by atomic mass is 32.2. The molecule has 1 atom stereocenters. The molecule has 0 bridgehead atoms. The van der Waals surface area contributed by atoms with Crippen molar-refractivity contribution < 1.29 is 17.6 Å². The average molecular weight is 441 g/mol. The van der Waals surface area contributed by atoms with Crippen LogP contribution in [0.1, 0.15) is 34.3 Å². The molecule has 0 spiro atoms. The number of nitrogens with one attached hydrogen (secondary N) is 1. The lowest BCUT2D eigenvalue weighted by molar-refractivity contribution is 0.0951. The smallest absolute Gasteiger partial charge is 0.251 e. The quantitative estimate of drug-likeness (QED) is 0.567. The molecule has 0 saturated heterocycles. The van der Waals surface area contributed by atoms with Crippen molar-refractivity contribution in [2.45, 2.75) is 19.4 Å². The molecule has 0 heterocycles. The Kier molecular flexibility index (Phi) is 7.07. The molecular formula is C24H25FN2O3S. The maximum Gasteiger partial charge on any atom is 0.251 e. The Hall–Kier alpha value is -3.19. The van der Waals surface area contributed by atoms with E-state index < -0.39 is 15.8 Å². The van der Waals surface area contributed by atoms with Crippen LogP contribution < -0.4 is 9.62 Å². The normalized spacial score (nSPS) is 12.2. The summed E-state index contributed by atoms with van der Waals surface area (Å²) in [6, 6.07) is 22.3. The summed E-state index contributed by atoms with van der Waals surface area (Å²) < 4.78 is 39.6. The van der Waals surface area contributed by atoms with E-state index in [1.807, 2.05) is 37.3 Å². The van der Waals surface area contributed by atoms with Gasteiger partial charge in [-0.15, -0.1) is 0 Å². The van der Waals surface area contributed by atoms with Crippen LogP contribution in [0.4, 0.5) is 10.1 Å². The highest BCUT2D eigenvalue weighted by Gasteiger charge is 2.21. The van der Waals surface area contributed by atoms with E-state index in [1.165, 1.54) is 18.2 Å². The summed E-state index contributed by atoms with van der Waals surface area (Å²) in [5.74, 6) is -0.645. The van der Waals surface area contributed by atoms with Crippen molar-refractivity contribution in [3.05, 3.63) is 101 Å². The second kappa shape index (κ2) is 9.75. The molecule has 3 aromatic carbocycles. The summed E-state index contributed by atoms with van der Waals surface area (Å²) in [6.07, 6.45) is 1.04. The summed E-state index contributed by atoms with van der Waals surface area (Å²) in [5, 5.41) is 2.92. The van der Waals surface area contributed by atoms with Gasteiger partial charge in [-0.25, -0.2) is 12.8 Å². The molecule has 162 valence electrons. The number of carbonyl (C=O) groups is 1. The number of nitrogens with zero attached hydrogens (tertiary/aromatic N) is 1. The van der Waals surface area contributed by atoms with Crippen molar-refractivity contribution in [1.29, 1.82) is 0 Å². The highest BCUT2D eigenvalue weighted by Crippen LogP contribution is 2.24. The zero-order valence-corrected chi connectivity index (χ0v) is 18.3. The molecule has 3 aromatic rings. The molecule has 31 heavy (non-hydrogen) atoms. The Morgan fingerprint density at radius 2 is 1.58 bits per heavy atom. The van der Waals surface area contributed by atoms with Gasteiger partial charge in [-0.1, -0.05) is 61.5 Å². The first-order valence-electron chi connectivity index (χ1n) is 9.90. The third-order valence-corrected chi connectivity index (χ3v) is 6.13. The predicted molar refractivity (Wildman–Crippen MR) is 121 cm³/mol. The van der Waals surface area contributed by atoms with Crippen molar-refractivity contribution in [3.8, 4) is 0 Å². The average Bonchev–Trinajstić information content (AvgIpc) is 2.76. The van der Waals surface area contributed by atoms with Gasteiger partial charge in [-0.2, -0.15) is 0 Å². The first-order valence-corrected chi connectivity index (χ1v) is 11.7. The fourth-order valence-electron chi connectivity index (χ4n) is 3.21. The lowest BCUT2D eigenvalue weighted by Gasteiger charge is -2.23. The molecule has 0 aromatic heterocycles. The number of hydrogen-bond donors (Lipinski definition) is 1. The number of anilines is 1. The van der Waals surface area contributed by atoms with E-state index in [0.717, 1.165) is 16.1 Å². The lowest BCUT2D eigenvalue weighted by atomic mass is 10.0. The molecule has 1 amide bonds. The minimum Gasteiger partial charge on any atom is -0.351 e. The number of rotatable bonds is 8. The number of benzene rings is 3. The summed E-state index contributed by atoms with van der Waals surface area (Å²) in [5.41, 5.74) is 2.25. The van der Waals surface area contributed by atoms with Crippen LogP contribution in [0.25, 0.3) is 0 Å². The van der Waals surface area contributed by atoms with Crippen molar-refractivity contribution in [2.75, 3.05) is 17.1 Å². The van der Waals surface area contributed by atoms with Crippen molar-refractivity contribution in [1.82, 2.24) is 5.32 Å². The van der Waals surface area contributed by atoms with Crippen LogP contribution >= 0.6 is 0 Å². The second-order valence-corrected chi connectivity index (χ2v) is 9.35. The zero-order valence-electron chi connectivity index (χ0n) is 17.5. The minimum atomic E-state index is -3.70. The Bertz CT molecular complexity index is 1130. The number of halogens is 1. The van der Waals surface area contributed by atoms with Crippen LogP contribution in [-0.4, -0.2) is 27.1 Å². The van der Waals surface area contributed by atoms with Gasteiger partial charge in [0.2, 0.25) is 10.0 Å². The van der Waals surface area contributed by atoms with Gasteiger partial charge in [0.1, 0.15) is 5.82 Å². The fourth-order valence-corrected chi connectivity index (χ4v) is 4.10. The van der Waals surface area contributed by atoms with Crippen molar-refractivity contribution in [2.24, 2.45) is 0 Å². The molecule has 0 aliphatic carbocycles. The SMILES string of the molecule is CC(CNC(=O)c1ccc(CN(c2ccccc2F)S(C)(=O)=O)cc1)c1ccccc1. The van der Waals surface area contributed by atoms with E-state index in [4.69, 9.17) is 0 Å². The topological polar surface area (TPSA) is 66.5 Å². The Balaban J connectivity index is 1.67. The number of amides is 1. The van der Waals surface area contributed by atoms with Gasteiger partial charge in [0.25, 0.3) is 5.91 Å². The predicted octanol–water partition coefficient (Wildman–Crippen LogP) is 4.33. The fraction of sp³-hybridized carbons (Fsp3) is 0.208. The van der Waals surface area contributed by atoms with E-state index >= 15 is 0 Å². The van der Waals surface area contributed by atoms with Crippen LogP contribution in [0.3, 0.4) is 0 Å². The number of hydrogen-bond acceptors (Lipinski definition) is 3. The summed E-state index contributed by atoms with van der Waals surface area (Å²) in [7, 11) is -3.70. The van der Waals surface area contributed by atoms with Crippen LogP contribution in [0.15, 0.2) is 78.9 Å². The Labute approximate surface area is 182 Å². The van der Waals surface area contributed by atoms with E-state index in [-0.39, 0.29) is 24.1 Å². The molecule has 0 fully saturated rings. The van der Waals surface area contributed by atoms with Crippen molar-refractivity contribution in [3.63, 3.8) is 0 Å². The molecule has 0 radical (unpaired) electrons. The van der Waals surface area contributed by atoms with Crippen LogP contribution in [-0.2, 0) is 16.6 Å². The lowest BCUT2D eigenvalue weighted by Crippen LogP contribution is -2.30. The molecular weight excluding hydrogens is 415 g/mol. The van der Waals surface area contributed by atoms with Crippen LogP contribution in [0.2, 0.25) is 0 Å². The third kappa shape index (κ3) is 5.92. The number of para-hydroxylation sites is 1. The zero-order chi connectivity index (χ0) is 22.4. The van der Waals surface area contributed by atoms with Crippen LogP contribution in [0, 0.1) is 5.82 Å². The molecule has 0 aliphatic heterocycles. The maximum atomic E-state index is 14.2. The number of carbonyl (C=O) groups excluding carboxylic acids is 1. The van der Waals surface area contributed by atoms with E-state index in [0.29, 0.717) is 17.7 Å². The Morgan fingerprint density at radius 3 is 2.19 bits per heavy atom. The first-order chi connectivity index (χ1) is 14.8. The second-order valence-electron chi connectivity index (χ2n) is 7.44. The summed E-state index contributed by atoms with van der Waals surface area (Å²) in [4.78, 5) is 12.5. The van der Waals surface area contributed by atoms with Gasteiger partial charge >= 0.3 is 0 Å². The summed E-state index contributed by atoms with van der Waals surface area (Å²) >= 11 is 0. The molecule has 3 rings (SSSR count). The van der Waals surface area contributed by atoms with E-state index in [9.17, 15) is 17.6 Å². The molecule has 0 aliphatic rings. The molecule has 0 saturated carbocycles. The van der Waals surface area contributed by atoms with E-state index in [1.54, 1.807) is 30.3 Å². The van der Waals surface area contributed by atoms with Crippen LogP contribution in [0.5, 0.6) is 0 Å². The highest BCUT2D eigenvalue weighted by molar-refractivity contribution is 7.92. The molecule has 1 unspecified atom stereocenters. The van der Waals surface area contributed by atoms with Gasteiger partial charge in [0.15, 0.2) is 0 Å². The maximum absolute atomic E-state index is 14.2. The molecule has 5 nitrogen and oxygen atoms in total. The molecule has 1 N–H and O–H groups in total. The van der Waals surface area contributed by atoms with Gasteiger partial charge in [-0.05, 0) is 41.3 Å². The van der Waals surface area contributed by atoms with Gasteiger partial charge < -0.3 is 5.32 Å². The monoisotopic (exact) mass is 440 g/mol.